The number of esters is 1. The standard InChI is InChI=1S/C12H23NO4/c1-7(2)8(13)9(14)12(6,16)10(15)17-11(3,4)5/h7-8,16H,13H2,1-6H3/t8-,12-/m1/s1. The molecule has 0 bridgehead atoms. The molecule has 0 unspecified atom stereocenters. The van der Waals surface area contributed by atoms with Gasteiger partial charge in [-0.15, -0.1) is 0 Å². The molecular formula is C12H23NO4. The third kappa shape index (κ3) is 4.44. The summed E-state index contributed by atoms with van der Waals surface area (Å²) >= 11 is 0. The molecule has 0 saturated heterocycles. The minimum atomic E-state index is -2.20. The Balaban J connectivity index is 4.89. The minimum absolute atomic E-state index is 0.156. The van der Waals surface area contributed by atoms with Crippen LogP contribution in [0, 0.1) is 5.92 Å². The molecule has 3 N–H and O–H groups in total. The first kappa shape index (κ1) is 16.1. The minimum Gasteiger partial charge on any atom is -0.457 e. The highest BCUT2D eigenvalue weighted by molar-refractivity contribution is 6.08. The number of hydrogen-bond acceptors (Lipinski definition) is 5. The number of nitrogens with two attached hydrogens (primary N) is 1. The Morgan fingerprint density at radius 3 is 1.88 bits per heavy atom. The summed E-state index contributed by atoms with van der Waals surface area (Å²) in [5.74, 6) is -1.84. The quantitative estimate of drug-likeness (QED) is 0.560. The average molecular weight is 245 g/mol. The van der Waals surface area contributed by atoms with E-state index in [1.807, 2.05) is 0 Å². The normalized spacial score (nSPS) is 17.5. The van der Waals surface area contributed by atoms with Crippen LogP contribution < -0.4 is 5.73 Å². The lowest BCUT2D eigenvalue weighted by molar-refractivity contribution is -0.178. The van der Waals surface area contributed by atoms with Crippen LogP contribution in [0.15, 0.2) is 0 Å². The van der Waals surface area contributed by atoms with Gasteiger partial charge in [-0.25, -0.2) is 4.79 Å². The van der Waals surface area contributed by atoms with E-state index >= 15 is 0 Å². The highest BCUT2D eigenvalue weighted by Crippen LogP contribution is 2.18. The number of ether oxygens (including phenoxy) is 1. The van der Waals surface area contributed by atoms with E-state index in [0.717, 1.165) is 6.92 Å². The first-order valence-corrected chi connectivity index (χ1v) is 5.65. The molecule has 5 nitrogen and oxygen atoms in total. The van der Waals surface area contributed by atoms with E-state index < -0.39 is 29.0 Å². The summed E-state index contributed by atoms with van der Waals surface area (Å²) in [5, 5.41) is 9.93. The van der Waals surface area contributed by atoms with Crippen molar-refractivity contribution in [3.63, 3.8) is 0 Å². The maximum atomic E-state index is 11.9. The number of carbonyl (C=O) groups excluding carboxylic acids is 2. The first-order valence-electron chi connectivity index (χ1n) is 5.65. The molecule has 0 heterocycles. The molecular weight excluding hydrogens is 222 g/mol. The summed E-state index contributed by atoms with van der Waals surface area (Å²) in [6.45, 7) is 9.59. The maximum Gasteiger partial charge on any atom is 0.346 e. The fourth-order valence-corrected chi connectivity index (χ4v) is 1.11. The number of carbonyl (C=O) groups is 2. The van der Waals surface area contributed by atoms with Gasteiger partial charge in [-0.1, -0.05) is 13.8 Å². The number of ketones is 1. The molecule has 0 aliphatic carbocycles. The van der Waals surface area contributed by atoms with Crippen molar-refractivity contribution in [2.24, 2.45) is 11.7 Å². The van der Waals surface area contributed by atoms with Crippen LogP contribution in [0.3, 0.4) is 0 Å². The van der Waals surface area contributed by atoms with Crippen LogP contribution in [0.25, 0.3) is 0 Å². The van der Waals surface area contributed by atoms with Crippen LogP contribution in [-0.2, 0) is 14.3 Å². The number of rotatable bonds is 4. The van der Waals surface area contributed by atoms with Crippen molar-refractivity contribution in [3.8, 4) is 0 Å². The van der Waals surface area contributed by atoms with Gasteiger partial charge in [-0.3, -0.25) is 4.79 Å². The average Bonchev–Trinajstić information content (AvgIpc) is 2.12. The lowest BCUT2D eigenvalue weighted by atomic mass is 9.89. The van der Waals surface area contributed by atoms with E-state index in [-0.39, 0.29) is 5.92 Å². The zero-order valence-electron chi connectivity index (χ0n) is 11.4. The van der Waals surface area contributed by atoms with E-state index in [2.05, 4.69) is 0 Å². The van der Waals surface area contributed by atoms with Crippen LogP contribution in [0.4, 0.5) is 0 Å². The van der Waals surface area contributed by atoms with Crippen molar-refractivity contribution in [3.05, 3.63) is 0 Å². The SMILES string of the molecule is CC(C)[C@@H](N)C(=O)[C@@](C)(O)C(=O)OC(C)(C)C. The van der Waals surface area contributed by atoms with Gasteiger partial charge in [-0.05, 0) is 33.6 Å². The summed E-state index contributed by atoms with van der Waals surface area (Å²) in [6.07, 6.45) is 0. The first-order chi connectivity index (χ1) is 7.39. The zero-order valence-corrected chi connectivity index (χ0v) is 11.4. The molecule has 0 radical (unpaired) electrons. The molecule has 0 spiro atoms. The molecule has 0 aliphatic rings. The molecule has 0 aromatic heterocycles. The monoisotopic (exact) mass is 245 g/mol. The Morgan fingerprint density at radius 2 is 1.59 bits per heavy atom. The molecule has 0 aromatic carbocycles. The van der Waals surface area contributed by atoms with Gasteiger partial charge in [0.1, 0.15) is 5.60 Å². The van der Waals surface area contributed by atoms with Crippen molar-refractivity contribution < 1.29 is 19.4 Å². The van der Waals surface area contributed by atoms with Crippen molar-refractivity contribution in [2.45, 2.75) is 58.8 Å². The largest absolute Gasteiger partial charge is 0.457 e. The van der Waals surface area contributed by atoms with Gasteiger partial charge in [0.15, 0.2) is 5.78 Å². The van der Waals surface area contributed by atoms with E-state index in [1.54, 1.807) is 34.6 Å². The van der Waals surface area contributed by atoms with E-state index in [9.17, 15) is 14.7 Å². The Bertz CT molecular complexity index is 302. The molecule has 0 amide bonds. The molecule has 0 rings (SSSR count). The summed E-state index contributed by atoms with van der Waals surface area (Å²) in [5.41, 5.74) is 2.67. The van der Waals surface area contributed by atoms with Gasteiger partial charge in [0.05, 0.1) is 6.04 Å². The summed E-state index contributed by atoms with van der Waals surface area (Å²) < 4.78 is 4.99. The maximum absolute atomic E-state index is 11.9. The molecule has 2 atom stereocenters. The fourth-order valence-electron chi connectivity index (χ4n) is 1.11. The highest BCUT2D eigenvalue weighted by Gasteiger charge is 2.44. The molecule has 17 heavy (non-hydrogen) atoms. The Labute approximate surface area is 102 Å². The van der Waals surface area contributed by atoms with Crippen molar-refractivity contribution >= 4 is 11.8 Å². The zero-order chi connectivity index (χ0) is 14.0. The lowest BCUT2D eigenvalue weighted by Gasteiger charge is -2.29. The third-order valence-electron chi connectivity index (χ3n) is 2.30. The molecule has 0 fully saturated rings. The van der Waals surface area contributed by atoms with Gasteiger partial charge in [0, 0.05) is 0 Å². The molecule has 5 heteroatoms. The highest BCUT2D eigenvalue weighted by atomic mass is 16.6. The second-order valence-electron chi connectivity index (χ2n) is 5.71. The number of hydrogen-bond donors (Lipinski definition) is 2. The second kappa shape index (κ2) is 5.14. The van der Waals surface area contributed by atoms with Crippen molar-refractivity contribution in [1.82, 2.24) is 0 Å². The molecule has 0 aliphatic heterocycles. The molecule has 0 saturated carbocycles. The Morgan fingerprint density at radius 1 is 1.18 bits per heavy atom. The second-order valence-corrected chi connectivity index (χ2v) is 5.71. The smallest absolute Gasteiger partial charge is 0.346 e. The van der Waals surface area contributed by atoms with Gasteiger partial charge in [0.2, 0.25) is 5.60 Å². The van der Waals surface area contributed by atoms with Crippen LogP contribution in [0.2, 0.25) is 0 Å². The number of Topliss-reactive ketones (excluding diaryl/α,β-unsaturated/α-hetero) is 1. The topological polar surface area (TPSA) is 89.6 Å². The van der Waals surface area contributed by atoms with E-state index in [1.165, 1.54) is 0 Å². The van der Waals surface area contributed by atoms with Gasteiger partial charge >= 0.3 is 5.97 Å². The van der Waals surface area contributed by atoms with Crippen molar-refractivity contribution in [2.75, 3.05) is 0 Å². The van der Waals surface area contributed by atoms with Crippen LogP contribution in [-0.4, -0.2) is 34.1 Å². The fraction of sp³-hybridized carbons (Fsp3) is 0.833. The predicted molar refractivity (Wildman–Crippen MR) is 64.3 cm³/mol. The van der Waals surface area contributed by atoms with Crippen LogP contribution in [0.1, 0.15) is 41.5 Å². The van der Waals surface area contributed by atoms with Gasteiger partial charge in [0.25, 0.3) is 0 Å². The summed E-state index contributed by atoms with van der Waals surface area (Å²) in [6, 6.07) is -0.891. The predicted octanol–water partition coefficient (Wildman–Crippen LogP) is 0.631. The third-order valence-corrected chi connectivity index (χ3v) is 2.30. The van der Waals surface area contributed by atoms with E-state index in [0.29, 0.717) is 0 Å². The van der Waals surface area contributed by atoms with Gasteiger partial charge in [-0.2, -0.15) is 0 Å². The summed E-state index contributed by atoms with van der Waals surface area (Å²) in [4.78, 5) is 23.6. The Hall–Kier alpha value is -0.940. The summed E-state index contributed by atoms with van der Waals surface area (Å²) in [7, 11) is 0. The van der Waals surface area contributed by atoms with Gasteiger partial charge < -0.3 is 15.6 Å². The van der Waals surface area contributed by atoms with Crippen LogP contribution in [0.5, 0.6) is 0 Å². The molecule has 0 aromatic rings. The number of aliphatic hydroxyl groups is 1. The van der Waals surface area contributed by atoms with E-state index in [4.69, 9.17) is 10.5 Å². The molecule has 100 valence electrons. The lowest BCUT2D eigenvalue weighted by Crippen LogP contribution is -2.55. The Kier molecular flexibility index (Phi) is 4.86. The van der Waals surface area contributed by atoms with Crippen LogP contribution >= 0.6 is 0 Å². The van der Waals surface area contributed by atoms with Crippen molar-refractivity contribution in [1.29, 1.82) is 0 Å².